The third kappa shape index (κ3) is 6.36. The normalized spacial score (nSPS) is 12.0. The summed E-state index contributed by atoms with van der Waals surface area (Å²) in [6.45, 7) is 0.104. The molecule has 2 aromatic carbocycles. The van der Waals surface area contributed by atoms with E-state index in [1.807, 2.05) is 0 Å². The van der Waals surface area contributed by atoms with E-state index in [1.165, 1.54) is 12.5 Å². The quantitative estimate of drug-likeness (QED) is 0.235. The van der Waals surface area contributed by atoms with Gasteiger partial charge in [-0.2, -0.15) is 26.3 Å². The summed E-state index contributed by atoms with van der Waals surface area (Å²) in [4.78, 5) is 22.0. The Morgan fingerprint density at radius 3 is 2.19 bits per heavy atom. The monoisotopic (exact) mass is 570 g/mol. The molecule has 4 aromatic rings. The number of carbonyl (C=O) groups is 1. The summed E-state index contributed by atoms with van der Waals surface area (Å²) in [7, 11) is 0. The lowest BCUT2D eigenvalue weighted by atomic mass is 10.0. The predicted molar refractivity (Wildman–Crippen MR) is 122 cm³/mol. The first-order valence-electron chi connectivity index (χ1n) is 10.2. The van der Waals surface area contributed by atoms with Crippen molar-refractivity contribution in [2.45, 2.75) is 25.3 Å². The number of aryl methyl sites for hydroxylation is 1. The minimum atomic E-state index is -5.15. The number of halogens is 9. The molecule has 2 heterocycles. The van der Waals surface area contributed by atoms with Gasteiger partial charge in [0, 0.05) is 37.1 Å². The molecule has 0 aliphatic heterocycles. The number of rotatable bonds is 6. The van der Waals surface area contributed by atoms with Gasteiger partial charge in [-0.25, -0.2) is 18.7 Å². The van der Waals surface area contributed by atoms with Gasteiger partial charge < -0.3 is 4.57 Å². The van der Waals surface area contributed by atoms with E-state index in [0.717, 1.165) is 11.0 Å². The predicted octanol–water partition coefficient (Wildman–Crippen LogP) is 6.97. The number of nitrogens with zero attached hydrogens (tertiary/aromatic N) is 4. The minimum Gasteiger partial charge on any atom is -0.337 e. The van der Waals surface area contributed by atoms with Crippen LogP contribution in [-0.2, 0) is 18.9 Å². The second kappa shape index (κ2) is 10.6. The molecular weight excluding hydrogens is 556 g/mol. The first kappa shape index (κ1) is 28.3. The fraction of sp³-hybridized carbons (Fsp3) is 0.227. The van der Waals surface area contributed by atoms with E-state index in [4.69, 9.17) is 0 Å². The Bertz CT molecular complexity index is 1370. The summed E-state index contributed by atoms with van der Waals surface area (Å²) in [5, 5.41) is -0.212. The number of imidazole rings is 1. The van der Waals surface area contributed by atoms with Gasteiger partial charge in [0.2, 0.25) is 0 Å². The van der Waals surface area contributed by atoms with Crippen LogP contribution in [0.3, 0.4) is 0 Å². The molecule has 198 valence electrons. The van der Waals surface area contributed by atoms with Gasteiger partial charge >= 0.3 is 12.4 Å². The molecule has 0 aliphatic carbocycles. The molecule has 0 radical (unpaired) electrons. The zero-order valence-electron chi connectivity index (χ0n) is 18.3. The summed E-state index contributed by atoms with van der Waals surface area (Å²) in [6, 6.07) is 2.07. The van der Waals surface area contributed by atoms with Gasteiger partial charge in [-0.1, -0.05) is 11.3 Å². The van der Waals surface area contributed by atoms with Crippen LogP contribution in [0.4, 0.5) is 40.3 Å². The largest absolute Gasteiger partial charge is 0.416 e. The summed E-state index contributed by atoms with van der Waals surface area (Å²) >= 11 is 0.675. The molecule has 0 atom stereocenters. The molecule has 4 rings (SSSR count). The Hall–Kier alpha value is -3.26. The highest BCUT2D eigenvalue weighted by molar-refractivity contribution is 7.22. The van der Waals surface area contributed by atoms with E-state index in [9.17, 15) is 39.9 Å². The molecule has 0 bridgehead atoms. The van der Waals surface area contributed by atoms with Gasteiger partial charge in [-0.3, -0.25) is 9.69 Å². The Balaban J connectivity index is 0.00000380. The van der Waals surface area contributed by atoms with Gasteiger partial charge in [0.15, 0.2) is 10.9 Å². The number of hydrogen-bond acceptors (Lipinski definition) is 4. The lowest BCUT2D eigenvalue weighted by Gasteiger charge is -2.21. The molecular formula is C22H15ClF8N4OS. The second-order valence-corrected chi connectivity index (χ2v) is 8.65. The minimum absolute atomic E-state index is 0. The van der Waals surface area contributed by atoms with Crippen molar-refractivity contribution in [3.05, 3.63) is 77.4 Å². The number of fused-ring (bicyclic) bond motifs is 1. The fourth-order valence-electron chi connectivity index (χ4n) is 3.41. The number of aromatic nitrogens is 3. The van der Waals surface area contributed by atoms with Crippen molar-refractivity contribution in [3.63, 3.8) is 0 Å². The third-order valence-electron chi connectivity index (χ3n) is 5.07. The summed E-state index contributed by atoms with van der Waals surface area (Å²) < 4.78 is 109. The van der Waals surface area contributed by atoms with E-state index in [0.29, 0.717) is 36.1 Å². The van der Waals surface area contributed by atoms with Gasteiger partial charge in [0.25, 0.3) is 5.91 Å². The van der Waals surface area contributed by atoms with Crippen molar-refractivity contribution in [3.8, 4) is 0 Å². The van der Waals surface area contributed by atoms with E-state index < -0.39 is 46.6 Å². The average molecular weight is 571 g/mol. The van der Waals surface area contributed by atoms with Crippen LogP contribution in [0, 0.1) is 11.6 Å². The van der Waals surface area contributed by atoms with Crippen LogP contribution in [0.5, 0.6) is 0 Å². The maximum Gasteiger partial charge on any atom is 0.416 e. The lowest BCUT2D eigenvalue weighted by Crippen LogP contribution is -2.33. The molecule has 0 aliphatic rings. The van der Waals surface area contributed by atoms with Crippen LogP contribution in [0.15, 0.2) is 49.1 Å². The van der Waals surface area contributed by atoms with Crippen molar-refractivity contribution >= 4 is 45.0 Å². The molecule has 1 amide bonds. The number of carbonyl (C=O) groups excluding carboxylic acids is 1. The topological polar surface area (TPSA) is 51.0 Å². The van der Waals surface area contributed by atoms with Crippen LogP contribution in [0.25, 0.3) is 10.2 Å². The van der Waals surface area contributed by atoms with Crippen molar-refractivity contribution in [1.82, 2.24) is 14.5 Å². The molecule has 0 saturated heterocycles. The standard InChI is InChI=1S/C22H14F8N4OS.ClH/c23-15-9-16(24)18-17(10-15)36-20(32-18)34(4-1-3-33-5-2-31-11-33)19(35)12-6-13(21(25,26)27)8-14(7-12)22(28,29)30;/h2,5-11H,1,3-4H2;1H. The Morgan fingerprint density at radius 2 is 1.62 bits per heavy atom. The van der Waals surface area contributed by atoms with Gasteiger partial charge in [-0.05, 0) is 30.7 Å². The van der Waals surface area contributed by atoms with Crippen LogP contribution < -0.4 is 4.90 Å². The summed E-state index contributed by atoms with van der Waals surface area (Å²) in [5.74, 6) is -3.16. The number of anilines is 1. The fourth-order valence-corrected chi connectivity index (χ4v) is 4.44. The van der Waals surface area contributed by atoms with Crippen LogP contribution in [0.2, 0.25) is 0 Å². The molecule has 0 unspecified atom stereocenters. The van der Waals surface area contributed by atoms with Gasteiger partial charge in [-0.15, -0.1) is 12.4 Å². The van der Waals surface area contributed by atoms with Gasteiger partial charge in [0.1, 0.15) is 11.3 Å². The van der Waals surface area contributed by atoms with Crippen molar-refractivity contribution in [2.75, 3.05) is 11.4 Å². The highest BCUT2D eigenvalue weighted by atomic mass is 35.5. The zero-order valence-corrected chi connectivity index (χ0v) is 19.9. The van der Waals surface area contributed by atoms with E-state index in [2.05, 4.69) is 9.97 Å². The first-order valence-corrected chi connectivity index (χ1v) is 11.0. The van der Waals surface area contributed by atoms with Crippen LogP contribution in [-0.4, -0.2) is 27.0 Å². The molecule has 5 nitrogen and oxygen atoms in total. The second-order valence-electron chi connectivity index (χ2n) is 7.64. The number of hydrogen-bond donors (Lipinski definition) is 0. The smallest absolute Gasteiger partial charge is 0.337 e. The molecule has 15 heteroatoms. The molecule has 0 N–H and O–H groups in total. The lowest BCUT2D eigenvalue weighted by molar-refractivity contribution is -0.143. The van der Waals surface area contributed by atoms with E-state index >= 15 is 0 Å². The number of benzene rings is 2. The van der Waals surface area contributed by atoms with Crippen molar-refractivity contribution in [2.24, 2.45) is 0 Å². The maximum absolute atomic E-state index is 14.2. The maximum atomic E-state index is 14.2. The van der Waals surface area contributed by atoms with Gasteiger partial charge in [0.05, 0.1) is 22.2 Å². The SMILES string of the molecule is Cl.O=C(c1cc(C(F)(F)F)cc(C(F)(F)F)c1)N(CCCn1ccnc1)c1nc2c(F)cc(F)cc2s1. The molecule has 0 fully saturated rings. The molecule has 37 heavy (non-hydrogen) atoms. The number of thiazole rings is 1. The summed E-state index contributed by atoms with van der Waals surface area (Å²) in [6.07, 6.45) is -5.53. The van der Waals surface area contributed by atoms with Crippen LogP contribution in [0.1, 0.15) is 27.9 Å². The Morgan fingerprint density at radius 1 is 0.973 bits per heavy atom. The highest BCUT2D eigenvalue weighted by Crippen LogP contribution is 2.37. The molecule has 0 spiro atoms. The Labute approximate surface area is 213 Å². The van der Waals surface area contributed by atoms with Crippen molar-refractivity contribution in [1.29, 1.82) is 0 Å². The highest BCUT2D eigenvalue weighted by Gasteiger charge is 2.38. The first-order chi connectivity index (χ1) is 16.8. The average Bonchev–Trinajstić information content (AvgIpc) is 3.45. The zero-order chi connectivity index (χ0) is 26.3. The van der Waals surface area contributed by atoms with Crippen LogP contribution >= 0.6 is 23.7 Å². The Kier molecular flexibility index (Phi) is 8.12. The molecule has 2 aromatic heterocycles. The van der Waals surface area contributed by atoms with E-state index in [1.54, 1.807) is 10.8 Å². The van der Waals surface area contributed by atoms with E-state index in [-0.39, 0.29) is 46.8 Å². The molecule has 0 saturated carbocycles. The van der Waals surface area contributed by atoms with Crippen molar-refractivity contribution < 1.29 is 39.9 Å². The summed E-state index contributed by atoms with van der Waals surface area (Å²) in [5.41, 5.74) is -4.48. The number of alkyl halides is 6. The third-order valence-corrected chi connectivity index (χ3v) is 6.10. The number of amides is 1.